The number of rotatable bonds is 4. The average molecular weight is 344 g/mol. The van der Waals surface area contributed by atoms with Crippen LogP contribution in [0, 0.1) is 0 Å². The topological polar surface area (TPSA) is 90.1 Å². The van der Waals surface area contributed by atoms with Crippen molar-refractivity contribution in [3.63, 3.8) is 0 Å². The summed E-state index contributed by atoms with van der Waals surface area (Å²) in [6, 6.07) is 12.9. The summed E-state index contributed by atoms with van der Waals surface area (Å²) in [5, 5.41) is 3.91. The highest BCUT2D eigenvalue weighted by molar-refractivity contribution is 6.04. The summed E-state index contributed by atoms with van der Waals surface area (Å²) in [5.41, 5.74) is 1.15. The van der Waals surface area contributed by atoms with Crippen LogP contribution in [0.5, 0.6) is 0 Å². The Balaban J connectivity index is 1.77. The van der Waals surface area contributed by atoms with E-state index in [1.54, 1.807) is 24.8 Å². The van der Waals surface area contributed by atoms with E-state index in [1.807, 2.05) is 36.4 Å². The van der Waals surface area contributed by atoms with Gasteiger partial charge in [0.25, 0.3) is 0 Å². The molecule has 5 heterocycles. The minimum absolute atomic E-state index is 0.427. The van der Waals surface area contributed by atoms with E-state index in [1.165, 1.54) is 6.33 Å². The minimum Gasteiger partial charge on any atom is -0.464 e. The van der Waals surface area contributed by atoms with E-state index >= 15 is 0 Å². The van der Waals surface area contributed by atoms with Crippen molar-refractivity contribution in [1.82, 2.24) is 15.0 Å². The number of anilines is 2. The first-order valence-electron chi connectivity index (χ1n) is 7.93. The first-order valence-corrected chi connectivity index (χ1v) is 7.93. The average Bonchev–Trinajstić information content (AvgIpc) is 3.42. The molecule has 0 saturated heterocycles. The Morgan fingerprint density at radius 2 is 1.65 bits per heavy atom. The zero-order valence-corrected chi connectivity index (χ0v) is 13.4. The van der Waals surface area contributed by atoms with E-state index in [9.17, 15) is 0 Å². The van der Waals surface area contributed by atoms with Crippen LogP contribution in [0.2, 0.25) is 0 Å². The molecule has 1 N–H and O–H groups in total. The molecule has 0 atom stereocenters. The van der Waals surface area contributed by atoms with Crippen molar-refractivity contribution in [2.75, 3.05) is 5.32 Å². The number of furan rings is 3. The number of fused-ring (bicyclic) bond motifs is 1. The number of hydrogen-bond donors (Lipinski definition) is 1. The van der Waals surface area contributed by atoms with Gasteiger partial charge in [0.15, 0.2) is 11.5 Å². The smallest absolute Gasteiger partial charge is 0.232 e. The third kappa shape index (κ3) is 2.34. The van der Waals surface area contributed by atoms with Gasteiger partial charge >= 0.3 is 0 Å². The van der Waals surface area contributed by atoms with Crippen LogP contribution in [-0.4, -0.2) is 15.0 Å². The monoisotopic (exact) mass is 344 g/mol. The van der Waals surface area contributed by atoms with Crippen molar-refractivity contribution >= 4 is 22.7 Å². The van der Waals surface area contributed by atoms with Gasteiger partial charge in [0.2, 0.25) is 5.71 Å². The van der Waals surface area contributed by atoms with Crippen LogP contribution in [0.25, 0.3) is 33.9 Å². The summed E-state index contributed by atoms with van der Waals surface area (Å²) >= 11 is 0. The molecule has 0 spiro atoms. The number of hydrogen-bond acceptors (Lipinski definition) is 7. The van der Waals surface area contributed by atoms with Crippen molar-refractivity contribution in [3.8, 4) is 22.8 Å². The van der Waals surface area contributed by atoms with E-state index in [-0.39, 0.29) is 0 Å². The second kappa shape index (κ2) is 5.89. The molecule has 0 aliphatic rings. The first kappa shape index (κ1) is 14.5. The number of nitrogens with zero attached hydrogens (tertiary/aromatic N) is 3. The molecule has 0 radical (unpaired) electrons. The molecule has 7 heteroatoms. The second-order valence-electron chi connectivity index (χ2n) is 5.50. The number of nitrogens with one attached hydrogen (secondary N) is 1. The largest absolute Gasteiger partial charge is 0.464 e. The van der Waals surface area contributed by atoms with Gasteiger partial charge in [0.05, 0.1) is 23.5 Å². The number of pyridine rings is 1. The van der Waals surface area contributed by atoms with E-state index < -0.39 is 0 Å². The van der Waals surface area contributed by atoms with Crippen LogP contribution in [-0.2, 0) is 0 Å². The van der Waals surface area contributed by atoms with E-state index in [2.05, 4.69) is 20.3 Å². The molecule has 7 nitrogen and oxygen atoms in total. The molecule has 0 amide bonds. The van der Waals surface area contributed by atoms with Crippen LogP contribution in [0.3, 0.4) is 0 Å². The summed E-state index contributed by atoms with van der Waals surface area (Å²) in [7, 11) is 0. The lowest BCUT2D eigenvalue weighted by atomic mass is 10.1. The molecule has 5 rings (SSSR count). The molecular weight excluding hydrogens is 332 g/mol. The Morgan fingerprint density at radius 1 is 0.808 bits per heavy atom. The summed E-state index contributed by atoms with van der Waals surface area (Å²) in [4.78, 5) is 12.9. The lowest BCUT2D eigenvalue weighted by Crippen LogP contribution is -1.97. The van der Waals surface area contributed by atoms with Crippen molar-refractivity contribution in [2.24, 2.45) is 0 Å². The fraction of sp³-hybridized carbons (Fsp3) is 0. The van der Waals surface area contributed by atoms with Crippen molar-refractivity contribution in [3.05, 3.63) is 67.5 Å². The zero-order valence-electron chi connectivity index (χ0n) is 13.4. The van der Waals surface area contributed by atoms with Gasteiger partial charge in [0, 0.05) is 6.20 Å². The summed E-state index contributed by atoms with van der Waals surface area (Å²) in [6.45, 7) is 0. The van der Waals surface area contributed by atoms with E-state index in [0.717, 1.165) is 5.56 Å². The third-order valence-electron chi connectivity index (χ3n) is 3.91. The second-order valence-corrected chi connectivity index (χ2v) is 5.50. The zero-order chi connectivity index (χ0) is 17.3. The van der Waals surface area contributed by atoms with Gasteiger partial charge in [-0.2, -0.15) is 0 Å². The quantitative estimate of drug-likeness (QED) is 0.497. The van der Waals surface area contributed by atoms with Crippen LogP contribution >= 0.6 is 0 Å². The van der Waals surface area contributed by atoms with Gasteiger partial charge in [-0.1, -0.05) is 6.07 Å². The highest BCUT2D eigenvalue weighted by Gasteiger charge is 2.25. The highest BCUT2D eigenvalue weighted by atomic mass is 16.4. The Hall–Kier alpha value is -3.87. The summed E-state index contributed by atoms with van der Waals surface area (Å²) in [6.07, 6.45) is 6.34. The lowest BCUT2D eigenvalue weighted by Gasteiger charge is -2.05. The van der Waals surface area contributed by atoms with Gasteiger partial charge in [-0.25, -0.2) is 15.0 Å². The van der Waals surface area contributed by atoms with Crippen LogP contribution in [0.4, 0.5) is 11.6 Å². The highest BCUT2D eigenvalue weighted by Crippen LogP contribution is 2.43. The van der Waals surface area contributed by atoms with Crippen LogP contribution in [0.1, 0.15) is 0 Å². The molecule has 0 fully saturated rings. The maximum absolute atomic E-state index is 5.98. The Kier molecular flexibility index (Phi) is 3.28. The SMILES string of the molecule is c1ccc(Nc2ncnc3oc(-c4ccco4)c(-c4ccco4)c23)nc1. The fourth-order valence-electron chi connectivity index (χ4n) is 2.82. The van der Waals surface area contributed by atoms with Crippen molar-refractivity contribution in [2.45, 2.75) is 0 Å². The molecule has 5 aromatic heterocycles. The predicted molar refractivity (Wildman–Crippen MR) is 94.7 cm³/mol. The molecular formula is C19H12N4O3. The predicted octanol–water partition coefficient (Wildman–Crippen LogP) is 4.88. The standard InChI is InChI=1S/C19H12N4O3/c1-2-8-20-14(7-1)23-18-16-15(12-5-3-9-24-12)17(13-6-4-10-25-13)26-19(16)22-11-21-18/h1-11H,(H,20,21,22,23). The van der Waals surface area contributed by atoms with Gasteiger partial charge < -0.3 is 18.6 Å². The molecule has 26 heavy (non-hydrogen) atoms. The summed E-state index contributed by atoms with van der Waals surface area (Å²) < 4.78 is 17.1. The number of aromatic nitrogens is 3. The van der Waals surface area contributed by atoms with E-state index in [0.29, 0.717) is 40.0 Å². The fourth-order valence-corrected chi connectivity index (χ4v) is 2.82. The van der Waals surface area contributed by atoms with Gasteiger partial charge in [-0.15, -0.1) is 0 Å². The molecule has 0 unspecified atom stereocenters. The van der Waals surface area contributed by atoms with Crippen molar-refractivity contribution in [1.29, 1.82) is 0 Å². The molecule has 0 aliphatic carbocycles. The molecule has 5 aromatic rings. The lowest BCUT2D eigenvalue weighted by molar-refractivity contribution is 0.536. The first-order chi connectivity index (χ1) is 12.9. The Bertz CT molecular complexity index is 1150. The minimum atomic E-state index is 0.427. The molecule has 0 bridgehead atoms. The van der Waals surface area contributed by atoms with Gasteiger partial charge in [-0.3, -0.25) is 0 Å². The summed E-state index contributed by atoms with van der Waals surface area (Å²) in [5.74, 6) is 2.98. The normalized spacial score (nSPS) is 11.1. The third-order valence-corrected chi connectivity index (χ3v) is 3.91. The Labute approximate surface area is 147 Å². The molecule has 0 aromatic carbocycles. The van der Waals surface area contributed by atoms with Gasteiger partial charge in [0.1, 0.15) is 23.7 Å². The van der Waals surface area contributed by atoms with Crippen LogP contribution < -0.4 is 5.32 Å². The van der Waals surface area contributed by atoms with E-state index in [4.69, 9.17) is 13.3 Å². The molecule has 0 aliphatic heterocycles. The maximum atomic E-state index is 5.98. The molecule has 0 saturated carbocycles. The van der Waals surface area contributed by atoms with Crippen LogP contribution in [0.15, 0.2) is 80.8 Å². The Morgan fingerprint density at radius 3 is 2.38 bits per heavy atom. The maximum Gasteiger partial charge on any atom is 0.232 e. The molecule has 126 valence electrons. The van der Waals surface area contributed by atoms with Crippen molar-refractivity contribution < 1.29 is 13.3 Å². The van der Waals surface area contributed by atoms with Gasteiger partial charge in [-0.05, 0) is 36.4 Å².